The average Bonchev–Trinajstić information content (AvgIpc) is 2.72. The molecule has 0 unspecified atom stereocenters. The Morgan fingerprint density at radius 3 is 2.24 bits per heavy atom. The summed E-state index contributed by atoms with van der Waals surface area (Å²) in [5.74, 6) is -1.57. The lowest BCUT2D eigenvalue weighted by atomic mass is 10.2. The predicted octanol–water partition coefficient (Wildman–Crippen LogP) is 3.12. The summed E-state index contributed by atoms with van der Waals surface area (Å²) in [5, 5.41) is 11.8. The molecular weight excluding hydrogens is 392 g/mol. The van der Waals surface area contributed by atoms with Crippen LogP contribution in [0.1, 0.15) is 26.3 Å². The number of nitrogens with one attached hydrogen (secondary N) is 2. The zero-order chi connectivity index (χ0) is 20.9. The number of carboxylic acids is 1. The van der Waals surface area contributed by atoms with E-state index in [1.165, 1.54) is 48.5 Å². The van der Waals surface area contributed by atoms with Crippen LogP contribution in [-0.4, -0.2) is 25.4 Å². The van der Waals surface area contributed by atoms with Crippen molar-refractivity contribution >= 4 is 27.6 Å². The highest BCUT2D eigenvalue weighted by molar-refractivity contribution is 7.92. The fraction of sp³-hybridized carbons (Fsp3) is 0.0476. The average molecular weight is 410 g/mol. The van der Waals surface area contributed by atoms with Crippen LogP contribution in [0.3, 0.4) is 0 Å². The smallest absolute Gasteiger partial charge is 0.335 e. The SMILES string of the molecule is O=C(O)c1cccc(NS(=O)(=O)c2cccc(C(=O)NCc3ccccc3)c2)c1. The molecule has 3 aromatic rings. The van der Waals surface area contributed by atoms with Gasteiger partial charge in [0.15, 0.2) is 0 Å². The first-order valence-electron chi connectivity index (χ1n) is 8.63. The molecule has 0 spiro atoms. The highest BCUT2D eigenvalue weighted by Crippen LogP contribution is 2.18. The largest absolute Gasteiger partial charge is 0.478 e. The number of carboxylic acid groups (broad SMARTS) is 1. The second-order valence-electron chi connectivity index (χ2n) is 6.19. The van der Waals surface area contributed by atoms with E-state index in [1.807, 2.05) is 30.3 Å². The molecule has 0 radical (unpaired) electrons. The molecule has 0 aliphatic rings. The molecule has 0 saturated heterocycles. The number of benzene rings is 3. The highest BCUT2D eigenvalue weighted by atomic mass is 32.2. The van der Waals surface area contributed by atoms with Gasteiger partial charge >= 0.3 is 5.97 Å². The number of hydrogen-bond donors (Lipinski definition) is 3. The fourth-order valence-corrected chi connectivity index (χ4v) is 3.71. The molecule has 148 valence electrons. The predicted molar refractivity (Wildman–Crippen MR) is 108 cm³/mol. The normalized spacial score (nSPS) is 10.9. The van der Waals surface area contributed by atoms with Crippen molar-refractivity contribution in [2.24, 2.45) is 0 Å². The molecule has 0 fully saturated rings. The molecule has 0 aliphatic heterocycles. The molecule has 0 atom stereocenters. The summed E-state index contributed by atoms with van der Waals surface area (Å²) in [7, 11) is -4.00. The van der Waals surface area contributed by atoms with E-state index < -0.39 is 21.9 Å². The summed E-state index contributed by atoms with van der Waals surface area (Å²) >= 11 is 0. The van der Waals surface area contributed by atoms with Crippen LogP contribution in [0.5, 0.6) is 0 Å². The van der Waals surface area contributed by atoms with Crippen LogP contribution in [0.2, 0.25) is 0 Å². The van der Waals surface area contributed by atoms with Crippen LogP contribution in [0.4, 0.5) is 5.69 Å². The summed E-state index contributed by atoms with van der Waals surface area (Å²) in [4.78, 5) is 23.3. The Labute approximate surface area is 168 Å². The third-order valence-corrected chi connectivity index (χ3v) is 5.44. The second kappa shape index (κ2) is 8.57. The van der Waals surface area contributed by atoms with Gasteiger partial charge in [0, 0.05) is 17.8 Å². The number of carbonyl (C=O) groups is 2. The van der Waals surface area contributed by atoms with Gasteiger partial charge in [0.2, 0.25) is 0 Å². The van der Waals surface area contributed by atoms with Gasteiger partial charge < -0.3 is 10.4 Å². The van der Waals surface area contributed by atoms with Crippen LogP contribution in [0.15, 0.2) is 83.8 Å². The highest BCUT2D eigenvalue weighted by Gasteiger charge is 2.17. The van der Waals surface area contributed by atoms with E-state index in [2.05, 4.69) is 10.0 Å². The van der Waals surface area contributed by atoms with Crippen molar-refractivity contribution in [1.82, 2.24) is 5.32 Å². The van der Waals surface area contributed by atoms with Crippen LogP contribution in [0.25, 0.3) is 0 Å². The Morgan fingerprint density at radius 1 is 0.828 bits per heavy atom. The first-order valence-corrected chi connectivity index (χ1v) is 10.1. The van der Waals surface area contributed by atoms with Crippen molar-refractivity contribution in [1.29, 1.82) is 0 Å². The first-order chi connectivity index (χ1) is 13.8. The molecule has 0 bridgehead atoms. The molecule has 0 aromatic heterocycles. The van der Waals surface area contributed by atoms with Gasteiger partial charge in [0.25, 0.3) is 15.9 Å². The maximum atomic E-state index is 12.6. The lowest BCUT2D eigenvalue weighted by Gasteiger charge is -2.10. The summed E-state index contributed by atoms with van der Waals surface area (Å²) in [6.07, 6.45) is 0. The number of carbonyl (C=O) groups excluding carboxylic acids is 1. The summed E-state index contributed by atoms with van der Waals surface area (Å²) < 4.78 is 27.6. The Hall–Kier alpha value is -3.65. The first kappa shape index (κ1) is 20.1. The topological polar surface area (TPSA) is 113 Å². The van der Waals surface area contributed by atoms with Gasteiger partial charge in [-0.2, -0.15) is 0 Å². The van der Waals surface area contributed by atoms with E-state index in [9.17, 15) is 18.0 Å². The number of anilines is 1. The maximum absolute atomic E-state index is 12.6. The molecule has 0 aliphatic carbocycles. The number of sulfonamides is 1. The Kier molecular flexibility index (Phi) is 5.94. The molecule has 29 heavy (non-hydrogen) atoms. The van der Waals surface area contributed by atoms with Gasteiger partial charge in [0.1, 0.15) is 0 Å². The van der Waals surface area contributed by atoms with E-state index in [0.717, 1.165) is 5.56 Å². The van der Waals surface area contributed by atoms with E-state index in [4.69, 9.17) is 5.11 Å². The van der Waals surface area contributed by atoms with E-state index in [0.29, 0.717) is 6.54 Å². The van der Waals surface area contributed by atoms with Gasteiger partial charge in [-0.3, -0.25) is 9.52 Å². The maximum Gasteiger partial charge on any atom is 0.335 e. The minimum absolute atomic E-state index is 0.0424. The second-order valence-corrected chi connectivity index (χ2v) is 7.87. The number of hydrogen-bond acceptors (Lipinski definition) is 4. The lowest BCUT2D eigenvalue weighted by Crippen LogP contribution is -2.23. The monoisotopic (exact) mass is 410 g/mol. The number of rotatable bonds is 7. The molecule has 8 heteroatoms. The van der Waals surface area contributed by atoms with E-state index in [-0.39, 0.29) is 21.7 Å². The third-order valence-electron chi connectivity index (χ3n) is 4.06. The third kappa shape index (κ3) is 5.20. The molecule has 0 heterocycles. The number of aromatic carboxylic acids is 1. The Morgan fingerprint density at radius 2 is 1.52 bits per heavy atom. The summed E-state index contributed by atoms with van der Waals surface area (Å²) in [6.45, 7) is 0.316. The molecular formula is C21H18N2O5S. The molecule has 7 nitrogen and oxygen atoms in total. The van der Waals surface area contributed by atoms with Crippen molar-refractivity contribution in [2.75, 3.05) is 4.72 Å². The van der Waals surface area contributed by atoms with Gasteiger partial charge in [-0.1, -0.05) is 42.5 Å². The van der Waals surface area contributed by atoms with Crippen molar-refractivity contribution < 1.29 is 23.1 Å². The van der Waals surface area contributed by atoms with Crippen molar-refractivity contribution in [3.8, 4) is 0 Å². The van der Waals surface area contributed by atoms with Gasteiger partial charge in [-0.05, 0) is 42.0 Å². The quantitative estimate of drug-likeness (QED) is 0.554. The number of amides is 1. The van der Waals surface area contributed by atoms with Crippen molar-refractivity contribution in [3.63, 3.8) is 0 Å². The van der Waals surface area contributed by atoms with Crippen LogP contribution >= 0.6 is 0 Å². The molecule has 1 amide bonds. The Bertz CT molecular complexity index is 1140. The standard InChI is InChI=1S/C21H18N2O5S/c24-20(22-14-15-6-2-1-3-7-15)16-8-5-11-19(13-16)29(27,28)23-18-10-4-9-17(12-18)21(25)26/h1-13,23H,14H2,(H,22,24)(H,25,26). The zero-order valence-corrected chi connectivity index (χ0v) is 16.0. The van der Waals surface area contributed by atoms with Crippen molar-refractivity contribution in [3.05, 3.63) is 95.6 Å². The van der Waals surface area contributed by atoms with Crippen LogP contribution < -0.4 is 10.0 Å². The van der Waals surface area contributed by atoms with Crippen LogP contribution in [-0.2, 0) is 16.6 Å². The van der Waals surface area contributed by atoms with Gasteiger partial charge in [0.05, 0.1) is 10.5 Å². The summed E-state index contributed by atoms with van der Waals surface area (Å²) in [5.41, 5.74) is 1.19. The van der Waals surface area contributed by atoms with E-state index in [1.54, 1.807) is 0 Å². The molecule has 3 N–H and O–H groups in total. The minimum atomic E-state index is -4.00. The lowest BCUT2D eigenvalue weighted by molar-refractivity contribution is 0.0696. The molecule has 0 saturated carbocycles. The summed E-state index contributed by atoms with van der Waals surface area (Å²) in [6, 6.07) is 20.4. The molecule has 3 aromatic carbocycles. The minimum Gasteiger partial charge on any atom is -0.478 e. The zero-order valence-electron chi connectivity index (χ0n) is 15.2. The van der Waals surface area contributed by atoms with Crippen LogP contribution in [0, 0.1) is 0 Å². The van der Waals surface area contributed by atoms with Gasteiger partial charge in [-0.25, -0.2) is 13.2 Å². The molecule has 3 rings (SSSR count). The Balaban J connectivity index is 1.76. The van der Waals surface area contributed by atoms with Crippen molar-refractivity contribution in [2.45, 2.75) is 11.4 Å². The fourth-order valence-electron chi connectivity index (χ4n) is 2.61. The van der Waals surface area contributed by atoms with Gasteiger partial charge in [-0.15, -0.1) is 0 Å². The van der Waals surface area contributed by atoms with E-state index >= 15 is 0 Å².